The van der Waals surface area contributed by atoms with Gasteiger partial charge in [-0.2, -0.15) is 0 Å². The predicted octanol–water partition coefficient (Wildman–Crippen LogP) is 2.05. The van der Waals surface area contributed by atoms with Gasteiger partial charge in [0.1, 0.15) is 0 Å². The lowest BCUT2D eigenvalue weighted by Crippen LogP contribution is -2.31. The molecule has 1 aliphatic heterocycles. The van der Waals surface area contributed by atoms with Crippen molar-refractivity contribution >= 4 is 21.6 Å². The van der Waals surface area contributed by atoms with Crippen molar-refractivity contribution in [3.63, 3.8) is 0 Å². The topological polar surface area (TPSA) is 32.5 Å². The molecule has 4 heteroatoms. The molecule has 0 radical (unpaired) electrons. The summed E-state index contributed by atoms with van der Waals surface area (Å²) in [5.74, 6) is 0. The lowest BCUT2D eigenvalue weighted by atomic mass is 10.1. The maximum absolute atomic E-state index is 5.81. The van der Waals surface area contributed by atoms with Crippen LogP contribution in [0.1, 0.15) is 12.0 Å². The van der Waals surface area contributed by atoms with Crippen LogP contribution in [0.4, 0.5) is 5.69 Å². The van der Waals surface area contributed by atoms with Crippen molar-refractivity contribution in [3.05, 3.63) is 28.2 Å². The van der Waals surface area contributed by atoms with Gasteiger partial charge in [0.15, 0.2) is 0 Å². The van der Waals surface area contributed by atoms with E-state index in [4.69, 9.17) is 5.73 Å². The summed E-state index contributed by atoms with van der Waals surface area (Å²) in [7, 11) is 4.30. The second-order valence-corrected chi connectivity index (χ2v) is 5.74. The highest BCUT2D eigenvalue weighted by Crippen LogP contribution is 2.28. The molecule has 2 N–H and O–H groups in total. The molecule has 0 amide bonds. The van der Waals surface area contributed by atoms with Gasteiger partial charge in [-0.3, -0.25) is 0 Å². The van der Waals surface area contributed by atoms with Crippen LogP contribution >= 0.6 is 15.9 Å². The summed E-state index contributed by atoms with van der Waals surface area (Å²) < 4.78 is 1.12. The Labute approximate surface area is 112 Å². The van der Waals surface area contributed by atoms with E-state index >= 15 is 0 Å². The Balaban J connectivity index is 2.20. The van der Waals surface area contributed by atoms with Gasteiger partial charge in [-0.25, -0.2) is 0 Å². The van der Waals surface area contributed by atoms with Crippen molar-refractivity contribution in [3.8, 4) is 0 Å². The number of rotatable bonds is 3. The lowest BCUT2D eigenvalue weighted by Gasteiger charge is -2.24. The summed E-state index contributed by atoms with van der Waals surface area (Å²) in [6.45, 7) is 2.81. The van der Waals surface area contributed by atoms with Gasteiger partial charge in [0.05, 0.1) is 0 Å². The molecule has 0 aliphatic carbocycles. The number of hydrogen-bond donors (Lipinski definition) is 1. The zero-order valence-corrected chi connectivity index (χ0v) is 12.1. The van der Waals surface area contributed by atoms with Gasteiger partial charge in [-0.1, -0.05) is 22.0 Å². The fourth-order valence-corrected chi connectivity index (χ4v) is 2.74. The fourth-order valence-electron chi connectivity index (χ4n) is 2.39. The normalized spacial score (nSPS) is 20.3. The van der Waals surface area contributed by atoms with E-state index in [0.29, 0.717) is 12.6 Å². The van der Waals surface area contributed by atoms with Crippen LogP contribution in [0.5, 0.6) is 0 Å². The standard InChI is InChI=1S/C13H20BrN3/c1-16(2)12-5-6-17(9-12)13-7-11(14)4-3-10(13)8-15/h3-4,7,12H,5-6,8-9,15H2,1-2H3. The highest BCUT2D eigenvalue weighted by atomic mass is 79.9. The Morgan fingerprint density at radius 2 is 2.24 bits per heavy atom. The number of anilines is 1. The minimum Gasteiger partial charge on any atom is -0.370 e. The van der Waals surface area contributed by atoms with Gasteiger partial charge in [0.2, 0.25) is 0 Å². The number of nitrogens with zero attached hydrogens (tertiary/aromatic N) is 2. The van der Waals surface area contributed by atoms with Crippen molar-refractivity contribution in [2.24, 2.45) is 5.73 Å². The molecule has 2 rings (SSSR count). The first kappa shape index (κ1) is 12.9. The van der Waals surface area contributed by atoms with Crippen LogP contribution in [0.2, 0.25) is 0 Å². The van der Waals surface area contributed by atoms with Gasteiger partial charge in [0.25, 0.3) is 0 Å². The molecular weight excluding hydrogens is 278 g/mol. The summed E-state index contributed by atoms with van der Waals surface area (Å²) >= 11 is 3.54. The Kier molecular flexibility index (Phi) is 4.07. The van der Waals surface area contributed by atoms with Crippen molar-refractivity contribution in [2.75, 3.05) is 32.1 Å². The first-order valence-corrected chi connectivity index (χ1v) is 6.81. The monoisotopic (exact) mass is 297 g/mol. The molecule has 0 aromatic heterocycles. The number of benzene rings is 1. The van der Waals surface area contributed by atoms with Crippen molar-refractivity contribution in [1.82, 2.24) is 4.90 Å². The van der Waals surface area contributed by atoms with E-state index in [0.717, 1.165) is 17.6 Å². The minimum absolute atomic E-state index is 0.603. The van der Waals surface area contributed by atoms with Gasteiger partial charge in [-0.05, 0) is 38.2 Å². The largest absolute Gasteiger partial charge is 0.370 e. The van der Waals surface area contributed by atoms with E-state index in [2.05, 4.69) is 58.0 Å². The van der Waals surface area contributed by atoms with Crippen molar-refractivity contribution < 1.29 is 0 Å². The summed E-state index contributed by atoms with van der Waals surface area (Å²) in [4.78, 5) is 4.75. The van der Waals surface area contributed by atoms with Crippen LogP contribution in [-0.2, 0) is 6.54 Å². The molecule has 1 heterocycles. The second kappa shape index (κ2) is 5.38. The van der Waals surface area contributed by atoms with Crippen LogP contribution in [0.25, 0.3) is 0 Å². The molecule has 0 saturated carbocycles. The first-order chi connectivity index (χ1) is 8.11. The van der Waals surface area contributed by atoms with E-state index < -0.39 is 0 Å². The molecule has 17 heavy (non-hydrogen) atoms. The number of nitrogens with two attached hydrogens (primary N) is 1. The van der Waals surface area contributed by atoms with Crippen molar-refractivity contribution in [1.29, 1.82) is 0 Å². The Hall–Kier alpha value is -0.580. The summed E-state index contributed by atoms with van der Waals surface area (Å²) in [6, 6.07) is 7.01. The highest BCUT2D eigenvalue weighted by molar-refractivity contribution is 9.10. The molecule has 3 nitrogen and oxygen atoms in total. The van der Waals surface area contributed by atoms with Gasteiger partial charge >= 0.3 is 0 Å². The molecule has 0 bridgehead atoms. The SMILES string of the molecule is CN(C)C1CCN(c2cc(Br)ccc2CN)C1. The van der Waals surface area contributed by atoms with E-state index in [1.165, 1.54) is 17.7 Å². The molecule has 1 atom stereocenters. The van der Waals surface area contributed by atoms with Crippen LogP contribution in [0.15, 0.2) is 22.7 Å². The number of hydrogen-bond acceptors (Lipinski definition) is 3. The number of likely N-dealkylation sites (N-methyl/N-ethyl adjacent to an activating group) is 1. The van der Waals surface area contributed by atoms with Gasteiger partial charge in [0, 0.05) is 35.8 Å². The highest BCUT2D eigenvalue weighted by Gasteiger charge is 2.25. The molecule has 1 fully saturated rings. The number of halogens is 1. The van der Waals surface area contributed by atoms with Gasteiger partial charge in [-0.15, -0.1) is 0 Å². The molecular formula is C13H20BrN3. The third-order valence-corrected chi connectivity index (χ3v) is 3.99. The molecule has 0 spiro atoms. The first-order valence-electron chi connectivity index (χ1n) is 6.01. The Bertz CT molecular complexity index is 392. The minimum atomic E-state index is 0.603. The van der Waals surface area contributed by atoms with E-state index in [1.807, 2.05) is 0 Å². The third kappa shape index (κ3) is 2.81. The van der Waals surface area contributed by atoms with Crippen LogP contribution in [0.3, 0.4) is 0 Å². The molecule has 1 unspecified atom stereocenters. The van der Waals surface area contributed by atoms with E-state index in [1.54, 1.807) is 0 Å². The summed E-state index contributed by atoms with van der Waals surface area (Å²) in [5, 5.41) is 0. The van der Waals surface area contributed by atoms with E-state index in [-0.39, 0.29) is 0 Å². The van der Waals surface area contributed by atoms with E-state index in [9.17, 15) is 0 Å². The Morgan fingerprint density at radius 3 is 2.82 bits per heavy atom. The molecule has 1 aromatic rings. The predicted molar refractivity (Wildman–Crippen MR) is 76.3 cm³/mol. The van der Waals surface area contributed by atoms with Crippen LogP contribution < -0.4 is 10.6 Å². The van der Waals surface area contributed by atoms with Gasteiger partial charge < -0.3 is 15.5 Å². The van der Waals surface area contributed by atoms with Crippen molar-refractivity contribution in [2.45, 2.75) is 19.0 Å². The maximum Gasteiger partial charge on any atom is 0.0423 e. The molecule has 1 aliphatic rings. The zero-order valence-electron chi connectivity index (χ0n) is 10.5. The fraction of sp³-hybridized carbons (Fsp3) is 0.538. The summed E-state index contributed by atoms with van der Waals surface area (Å²) in [5.41, 5.74) is 8.32. The quantitative estimate of drug-likeness (QED) is 0.927. The second-order valence-electron chi connectivity index (χ2n) is 4.83. The van der Waals surface area contributed by atoms with Crippen LogP contribution in [0, 0.1) is 0 Å². The average Bonchev–Trinajstić information content (AvgIpc) is 2.78. The molecule has 1 saturated heterocycles. The third-order valence-electron chi connectivity index (χ3n) is 3.50. The zero-order chi connectivity index (χ0) is 12.4. The Morgan fingerprint density at radius 1 is 1.47 bits per heavy atom. The maximum atomic E-state index is 5.81. The lowest BCUT2D eigenvalue weighted by molar-refractivity contribution is 0.315. The smallest absolute Gasteiger partial charge is 0.0423 e. The van der Waals surface area contributed by atoms with Crippen LogP contribution in [-0.4, -0.2) is 38.1 Å². The summed E-state index contributed by atoms with van der Waals surface area (Å²) in [6.07, 6.45) is 1.23. The molecule has 1 aromatic carbocycles. The molecule has 94 valence electrons. The average molecular weight is 298 g/mol.